The van der Waals surface area contributed by atoms with Gasteiger partial charge in [-0.3, -0.25) is 9.48 Å². The van der Waals surface area contributed by atoms with E-state index >= 15 is 0 Å². The molecule has 0 N–H and O–H groups in total. The molecule has 0 aliphatic carbocycles. The maximum absolute atomic E-state index is 13.7. The molecule has 28 heavy (non-hydrogen) atoms. The van der Waals surface area contributed by atoms with E-state index in [2.05, 4.69) is 5.10 Å². The second-order valence-electron chi connectivity index (χ2n) is 7.56. The third-order valence-corrected chi connectivity index (χ3v) is 5.46. The van der Waals surface area contributed by atoms with Gasteiger partial charge in [0.05, 0.1) is 30.6 Å². The van der Waals surface area contributed by atoms with Crippen LogP contribution < -0.4 is 0 Å². The molecule has 1 saturated heterocycles. The van der Waals surface area contributed by atoms with Gasteiger partial charge in [0.2, 0.25) is 0 Å². The molecule has 0 spiro atoms. The van der Waals surface area contributed by atoms with Gasteiger partial charge in [-0.05, 0) is 26.8 Å². The van der Waals surface area contributed by atoms with Crippen molar-refractivity contribution in [2.24, 2.45) is 0 Å². The van der Waals surface area contributed by atoms with Gasteiger partial charge in [-0.15, -0.1) is 0 Å². The van der Waals surface area contributed by atoms with Gasteiger partial charge in [0.25, 0.3) is 5.91 Å². The van der Waals surface area contributed by atoms with E-state index in [0.29, 0.717) is 37.3 Å². The van der Waals surface area contributed by atoms with Gasteiger partial charge in [0, 0.05) is 37.2 Å². The van der Waals surface area contributed by atoms with E-state index in [0.717, 1.165) is 11.3 Å². The quantitative estimate of drug-likeness (QED) is 0.791. The highest BCUT2D eigenvalue weighted by atomic mass is 19.1. The van der Waals surface area contributed by atoms with Crippen molar-refractivity contribution in [2.75, 3.05) is 13.1 Å². The number of fused-ring (bicyclic) bond motifs is 1. The lowest BCUT2D eigenvalue weighted by atomic mass is 9.98. The van der Waals surface area contributed by atoms with Crippen LogP contribution in [0.2, 0.25) is 0 Å². The summed E-state index contributed by atoms with van der Waals surface area (Å²) in [6, 6.07) is 6.59. The van der Waals surface area contributed by atoms with Gasteiger partial charge in [-0.1, -0.05) is 18.2 Å². The number of ether oxygens (including phenoxy) is 2. The first-order valence-electron chi connectivity index (χ1n) is 9.87. The SMILES string of the molecule is CCn1nc2c(c1C(=O)N1CC(OCc3ccccc3F)C1)C[C@H](C)O[C@@H]2C. The summed E-state index contributed by atoms with van der Waals surface area (Å²) in [5, 5.41) is 4.62. The van der Waals surface area contributed by atoms with E-state index in [9.17, 15) is 9.18 Å². The van der Waals surface area contributed by atoms with Crippen molar-refractivity contribution in [3.8, 4) is 0 Å². The predicted molar refractivity (Wildman–Crippen MR) is 101 cm³/mol. The van der Waals surface area contributed by atoms with Crippen molar-refractivity contribution in [1.29, 1.82) is 0 Å². The number of hydrogen-bond donors (Lipinski definition) is 0. The fourth-order valence-corrected chi connectivity index (χ4v) is 3.94. The Hall–Kier alpha value is -2.25. The molecule has 7 heteroatoms. The van der Waals surface area contributed by atoms with Crippen LogP contribution in [-0.2, 0) is 29.0 Å². The molecule has 1 fully saturated rings. The average molecular weight is 387 g/mol. The molecule has 0 bridgehead atoms. The summed E-state index contributed by atoms with van der Waals surface area (Å²) >= 11 is 0. The van der Waals surface area contributed by atoms with Crippen LogP contribution in [0.5, 0.6) is 0 Å². The second kappa shape index (κ2) is 7.64. The highest BCUT2D eigenvalue weighted by molar-refractivity contribution is 5.95. The average Bonchev–Trinajstić information content (AvgIpc) is 3.00. The summed E-state index contributed by atoms with van der Waals surface area (Å²) in [5.74, 6) is -0.277. The van der Waals surface area contributed by atoms with Crippen LogP contribution in [0.3, 0.4) is 0 Å². The topological polar surface area (TPSA) is 56.6 Å². The van der Waals surface area contributed by atoms with Crippen LogP contribution in [0, 0.1) is 5.82 Å². The zero-order valence-electron chi connectivity index (χ0n) is 16.5. The Kier molecular flexibility index (Phi) is 5.21. The minimum absolute atomic E-state index is 0.0114. The summed E-state index contributed by atoms with van der Waals surface area (Å²) < 4.78 is 27.1. The van der Waals surface area contributed by atoms with Crippen LogP contribution in [-0.4, -0.2) is 45.9 Å². The maximum atomic E-state index is 13.7. The Morgan fingerprint density at radius 1 is 1.32 bits per heavy atom. The molecule has 6 nitrogen and oxygen atoms in total. The minimum Gasteiger partial charge on any atom is -0.370 e. The largest absolute Gasteiger partial charge is 0.370 e. The monoisotopic (exact) mass is 387 g/mol. The highest BCUT2D eigenvalue weighted by Crippen LogP contribution is 2.32. The first-order chi connectivity index (χ1) is 13.5. The van der Waals surface area contributed by atoms with E-state index in [1.54, 1.807) is 27.8 Å². The molecular formula is C21H26FN3O3. The maximum Gasteiger partial charge on any atom is 0.272 e. The molecular weight excluding hydrogens is 361 g/mol. The standard InChI is InChI=1S/C21H26FN3O3/c1-4-25-20(17-9-13(2)28-14(3)19(17)23-25)21(26)24-10-16(11-24)27-12-15-7-5-6-8-18(15)22/h5-8,13-14,16H,4,9-12H2,1-3H3/t13-,14+/m0/s1. The van der Waals surface area contributed by atoms with Gasteiger partial charge in [-0.25, -0.2) is 4.39 Å². The number of amides is 1. The number of rotatable bonds is 5. The Labute approximate surface area is 164 Å². The first kappa shape index (κ1) is 19.1. The number of carbonyl (C=O) groups is 1. The van der Waals surface area contributed by atoms with Crippen molar-refractivity contribution < 1.29 is 18.7 Å². The first-order valence-corrected chi connectivity index (χ1v) is 9.87. The van der Waals surface area contributed by atoms with Gasteiger partial charge in [0.1, 0.15) is 11.5 Å². The van der Waals surface area contributed by atoms with Crippen LogP contribution >= 0.6 is 0 Å². The van der Waals surface area contributed by atoms with Gasteiger partial charge >= 0.3 is 0 Å². The van der Waals surface area contributed by atoms with Crippen LogP contribution in [0.1, 0.15) is 54.2 Å². The zero-order valence-corrected chi connectivity index (χ0v) is 16.5. The number of aromatic nitrogens is 2. The number of aryl methyl sites for hydroxylation is 1. The Morgan fingerprint density at radius 2 is 2.07 bits per heavy atom. The lowest BCUT2D eigenvalue weighted by Gasteiger charge is -2.39. The summed E-state index contributed by atoms with van der Waals surface area (Å²) in [4.78, 5) is 14.9. The summed E-state index contributed by atoms with van der Waals surface area (Å²) in [6.07, 6.45) is 0.587. The summed E-state index contributed by atoms with van der Waals surface area (Å²) in [6.45, 7) is 7.86. The number of likely N-dealkylation sites (tertiary alicyclic amines) is 1. The molecule has 0 radical (unpaired) electrons. The number of hydrogen-bond acceptors (Lipinski definition) is 4. The smallest absolute Gasteiger partial charge is 0.272 e. The number of benzene rings is 1. The van der Waals surface area contributed by atoms with E-state index in [-0.39, 0.29) is 36.6 Å². The molecule has 1 aromatic heterocycles. The van der Waals surface area contributed by atoms with Crippen LogP contribution in [0.15, 0.2) is 24.3 Å². The van der Waals surface area contributed by atoms with Gasteiger partial charge in [0.15, 0.2) is 0 Å². The summed E-state index contributed by atoms with van der Waals surface area (Å²) in [7, 11) is 0. The second-order valence-corrected chi connectivity index (χ2v) is 7.56. The van der Waals surface area contributed by atoms with E-state index in [4.69, 9.17) is 9.47 Å². The fourth-order valence-electron chi connectivity index (χ4n) is 3.94. The molecule has 3 heterocycles. The van der Waals surface area contributed by atoms with Gasteiger partial charge in [-0.2, -0.15) is 5.10 Å². The Bertz CT molecular complexity index is 876. The number of carbonyl (C=O) groups excluding carboxylic acids is 1. The molecule has 2 aliphatic rings. The molecule has 2 aromatic rings. The highest BCUT2D eigenvalue weighted by Gasteiger charge is 2.38. The van der Waals surface area contributed by atoms with Gasteiger partial charge < -0.3 is 14.4 Å². The van der Waals surface area contributed by atoms with E-state index in [1.165, 1.54) is 6.07 Å². The third kappa shape index (κ3) is 3.44. The third-order valence-electron chi connectivity index (χ3n) is 5.46. The summed E-state index contributed by atoms with van der Waals surface area (Å²) in [5.41, 5.74) is 3.09. The van der Waals surface area contributed by atoms with Crippen molar-refractivity contribution in [1.82, 2.24) is 14.7 Å². The molecule has 0 unspecified atom stereocenters. The molecule has 150 valence electrons. The zero-order chi connectivity index (χ0) is 19.8. The predicted octanol–water partition coefficient (Wildman–Crippen LogP) is 3.11. The van der Waals surface area contributed by atoms with Crippen LogP contribution in [0.4, 0.5) is 4.39 Å². The van der Waals surface area contributed by atoms with Crippen molar-refractivity contribution in [3.05, 3.63) is 52.6 Å². The molecule has 1 aromatic carbocycles. The van der Waals surface area contributed by atoms with Crippen molar-refractivity contribution >= 4 is 5.91 Å². The van der Waals surface area contributed by atoms with Crippen LogP contribution in [0.25, 0.3) is 0 Å². The molecule has 2 aliphatic heterocycles. The normalized spacial score (nSPS) is 22.1. The molecule has 1 amide bonds. The molecule has 0 saturated carbocycles. The molecule has 2 atom stereocenters. The number of halogens is 1. The fraction of sp³-hybridized carbons (Fsp3) is 0.524. The lowest BCUT2D eigenvalue weighted by molar-refractivity contribution is -0.0514. The lowest BCUT2D eigenvalue weighted by Crippen LogP contribution is -2.55. The van der Waals surface area contributed by atoms with E-state index in [1.807, 2.05) is 20.8 Å². The number of nitrogens with zero attached hydrogens (tertiary/aromatic N) is 3. The Balaban J connectivity index is 1.42. The minimum atomic E-state index is -0.265. The van der Waals surface area contributed by atoms with Crippen molar-refractivity contribution in [2.45, 2.75) is 58.7 Å². The van der Waals surface area contributed by atoms with E-state index < -0.39 is 0 Å². The Morgan fingerprint density at radius 3 is 2.79 bits per heavy atom. The van der Waals surface area contributed by atoms with Crippen molar-refractivity contribution in [3.63, 3.8) is 0 Å². The molecule has 4 rings (SSSR count).